The number of carbonyl (C=O) groups excluding carboxylic acids is 1. The maximum Gasteiger partial charge on any atom is 0.319 e. The van der Waals surface area contributed by atoms with E-state index >= 15 is 0 Å². The van der Waals surface area contributed by atoms with Crippen LogP contribution in [0.4, 0.5) is 0 Å². The lowest BCUT2D eigenvalue weighted by atomic mass is 10.1. The highest BCUT2D eigenvalue weighted by atomic mass is 35.5. The molecule has 6 heteroatoms. The van der Waals surface area contributed by atoms with Crippen molar-refractivity contribution in [2.75, 3.05) is 7.11 Å². The number of H-pyrrole nitrogens is 1. The van der Waals surface area contributed by atoms with Gasteiger partial charge in [-0.25, -0.2) is 9.97 Å². The molecule has 0 aliphatic heterocycles. The average molecular weight is 252 g/mol. The second kappa shape index (κ2) is 3.43. The van der Waals surface area contributed by atoms with E-state index in [9.17, 15) is 4.79 Å². The van der Waals surface area contributed by atoms with Crippen molar-refractivity contribution in [2.24, 2.45) is 0 Å². The molecule has 0 spiro atoms. The molecule has 1 saturated carbocycles. The minimum absolute atomic E-state index is 0.292. The molecule has 3 rings (SSSR count). The van der Waals surface area contributed by atoms with E-state index in [-0.39, 0.29) is 5.97 Å². The molecule has 0 bridgehead atoms. The van der Waals surface area contributed by atoms with E-state index in [1.807, 2.05) is 0 Å². The number of aromatic nitrogens is 3. The van der Waals surface area contributed by atoms with Crippen molar-refractivity contribution in [2.45, 2.75) is 18.3 Å². The van der Waals surface area contributed by atoms with Crippen molar-refractivity contribution in [3.63, 3.8) is 0 Å². The number of hydrogen-bond donors (Lipinski definition) is 1. The number of hydrogen-bond acceptors (Lipinski definition) is 4. The van der Waals surface area contributed by atoms with Crippen molar-refractivity contribution in [1.29, 1.82) is 0 Å². The molecule has 0 amide bonds. The summed E-state index contributed by atoms with van der Waals surface area (Å²) < 4.78 is 4.79. The molecule has 2 aromatic heterocycles. The van der Waals surface area contributed by atoms with Crippen LogP contribution in [0.15, 0.2) is 12.3 Å². The molecule has 0 aromatic carbocycles. The number of halogens is 1. The van der Waals surface area contributed by atoms with Crippen LogP contribution in [0.25, 0.3) is 11.0 Å². The number of nitrogens with one attached hydrogen (secondary N) is 1. The SMILES string of the molecule is COC(=O)C1(c2nc(Cl)c3cc[nH]c3n2)CC1. The molecular weight excluding hydrogens is 242 g/mol. The molecule has 2 aromatic rings. The van der Waals surface area contributed by atoms with Crippen LogP contribution < -0.4 is 0 Å². The molecule has 17 heavy (non-hydrogen) atoms. The van der Waals surface area contributed by atoms with Crippen LogP contribution in [-0.2, 0) is 14.9 Å². The Morgan fingerprint density at radius 2 is 2.29 bits per heavy atom. The number of esters is 1. The van der Waals surface area contributed by atoms with E-state index in [0.717, 1.165) is 5.39 Å². The number of carbonyl (C=O) groups is 1. The third-order valence-corrected chi connectivity index (χ3v) is 3.41. The molecule has 1 N–H and O–H groups in total. The zero-order valence-electron chi connectivity index (χ0n) is 9.16. The lowest BCUT2D eigenvalue weighted by Crippen LogP contribution is -2.24. The normalized spacial score (nSPS) is 17.1. The predicted octanol–water partition coefficient (Wildman–Crippen LogP) is 1.82. The van der Waals surface area contributed by atoms with Gasteiger partial charge in [0.15, 0.2) is 0 Å². The highest BCUT2D eigenvalue weighted by molar-refractivity contribution is 6.34. The minimum atomic E-state index is -0.683. The Balaban J connectivity index is 2.15. The Morgan fingerprint density at radius 1 is 1.53 bits per heavy atom. The zero-order chi connectivity index (χ0) is 12.0. The molecule has 0 saturated heterocycles. The second-order valence-corrected chi connectivity index (χ2v) is 4.51. The van der Waals surface area contributed by atoms with E-state index < -0.39 is 5.41 Å². The first-order valence-electron chi connectivity index (χ1n) is 5.27. The summed E-state index contributed by atoms with van der Waals surface area (Å²) in [6, 6.07) is 1.80. The molecule has 2 heterocycles. The van der Waals surface area contributed by atoms with Gasteiger partial charge in [0.2, 0.25) is 0 Å². The predicted molar refractivity (Wildman–Crippen MR) is 61.8 cm³/mol. The molecule has 1 aliphatic carbocycles. The topological polar surface area (TPSA) is 67.9 Å². The van der Waals surface area contributed by atoms with Gasteiger partial charge in [0.1, 0.15) is 22.0 Å². The smallest absolute Gasteiger partial charge is 0.319 e. The van der Waals surface area contributed by atoms with E-state index in [4.69, 9.17) is 16.3 Å². The van der Waals surface area contributed by atoms with Gasteiger partial charge in [0.05, 0.1) is 12.5 Å². The standard InChI is InChI=1S/C11H10ClN3O2/c1-17-10(16)11(3-4-11)9-14-7(12)6-2-5-13-8(6)15-9/h2,5H,3-4H2,1H3,(H,13,14,15). The van der Waals surface area contributed by atoms with Crippen LogP contribution in [-0.4, -0.2) is 28.0 Å². The van der Waals surface area contributed by atoms with E-state index in [2.05, 4.69) is 15.0 Å². The maximum atomic E-state index is 11.7. The fourth-order valence-electron chi connectivity index (χ4n) is 1.96. The molecule has 88 valence electrons. The quantitative estimate of drug-likeness (QED) is 0.653. The summed E-state index contributed by atoms with van der Waals surface area (Å²) in [5.41, 5.74) is -0.0345. The fraction of sp³-hybridized carbons (Fsp3) is 0.364. The number of nitrogens with zero attached hydrogens (tertiary/aromatic N) is 2. The first-order valence-corrected chi connectivity index (χ1v) is 5.65. The largest absolute Gasteiger partial charge is 0.468 e. The van der Waals surface area contributed by atoms with Crippen LogP contribution in [0.3, 0.4) is 0 Å². The van der Waals surface area contributed by atoms with Crippen LogP contribution in [0.5, 0.6) is 0 Å². The monoisotopic (exact) mass is 251 g/mol. The van der Waals surface area contributed by atoms with Crippen molar-refractivity contribution < 1.29 is 9.53 Å². The molecule has 0 unspecified atom stereocenters. The van der Waals surface area contributed by atoms with Crippen molar-refractivity contribution in [3.8, 4) is 0 Å². The van der Waals surface area contributed by atoms with Gasteiger partial charge < -0.3 is 9.72 Å². The van der Waals surface area contributed by atoms with E-state index in [1.54, 1.807) is 12.3 Å². The third-order valence-electron chi connectivity index (χ3n) is 3.12. The lowest BCUT2D eigenvalue weighted by Gasteiger charge is -2.11. The Bertz CT molecular complexity index is 604. The number of fused-ring (bicyclic) bond motifs is 1. The van der Waals surface area contributed by atoms with Gasteiger partial charge in [-0.3, -0.25) is 4.79 Å². The molecule has 0 radical (unpaired) electrons. The summed E-state index contributed by atoms with van der Waals surface area (Å²) in [5, 5.41) is 1.12. The number of aromatic amines is 1. The molecule has 1 fully saturated rings. The van der Waals surface area contributed by atoms with Crippen LogP contribution in [0.2, 0.25) is 5.15 Å². The Hall–Kier alpha value is -1.62. The van der Waals surface area contributed by atoms with Crippen LogP contribution >= 0.6 is 11.6 Å². The Kier molecular flexibility index (Phi) is 2.13. The third kappa shape index (κ3) is 1.42. The molecule has 1 aliphatic rings. The first kappa shape index (κ1) is 10.5. The van der Waals surface area contributed by atoms with Crippen molar-refractivity contribution in [3.05, 3.63) is 23.2 Å². The van der Waals surface area contributed by atoms with Gasteiger partial charge in [-0.15, -0.1) is 0 Å². The Morgan fingerprint density at radius 3 is 2.94 bits per heavy atom. The molecule has 0 atom stereocenters. The summed E-state index contributed by atoms with van der Waals surface area (Å²) in [6.07, 6.45) is 3.16. The highest BCUT2D eigenvalue weighted by Crippen LogP contribution is 2.48. The van der Waals surface area contributed by atoms with Gasteiger partial charge >= 0.3 is 5.97 Å². The summed E-state index contributed by atoms with van der Waals surface area (Å²) in [7, 11) is 1.37. The minimum Gasteiger partial charge on any atom is -0.468 e. The van der Waals surface area contributed by atoms with Gasteiger partial charge in [-0.2, -0.15) is 0 Å². The summed E-state index contributed by atoms with van der Waals surface area (Å²) in [4.78, 5) is 23.3. The van der Waals surface area contributed by atoms with Gasteiger partial charge in [-0.05, 0) is 18.9 Å². The zero-order valence-corrected chi connectivity index (χ0v) is 9.91. The number of ether oxygens (including phenoxy) is 1. The number of methoxy groups -OCH3 is 1. The molecular formula is C11H10ClN3O2. The summed E-state index contributed by atoms with van der Waals surface area (Å²) >= 11 is 6.06. The fourth-order valence-corrected chi connectivity index (χ4v) is 2.19. The van der Waals surface area contributed by atoms with Gasteiger partial charge in [-0.1, -0.05) is 11.6 Å². The van der Waals surface area contributed by atoms with Gasteiger partial charge in [0.25, 0.3) is 0 Å². The summed E-state index contributed by atoms with van der Waals surface area (Å²) in [6.45, 7) is 0. The number of rotatable bonds is 2. The second-order valence-electron chi connectivity index (χ2n) is 4.15. The lowest BCUT2D eigenvalue weighted by molar-refractivity contribution is -0.143. The van der Waals surface area contributed by atoms with E-state index in [1.165, 1.54) is 7.11 Å². The summed E-state index contributed by atoms with van der Waals surface area (Å²) in [5.74, 6) is 0.156. The van der Waals surface area contributed by atoms with Crippen molar-refractivity contribution in [1.82, 2.24) is 15.0 Å². The first-order chi connectivity index (χ1) is 8.17. The highest BCUT2D eigenvalue weighted by Gasteiger charge is 2.55. The van der Waals surface area contributed by atoms with Crippen LogP contribution in [0, 0.1) is 0 Å². The maximum absolute atomic E-state index is 11.7. The molecule has 5 nitrogen and oxygen atoms in total. The van der Waals surface area contributed by atoms with Crippen molar-refractivity contribution >= 4 is 28.6 Å². The van der Waals surface area contributed by atoms with Gasteiger partial charge in [0, 0.05) is 6.20 Å². The Labute approximate surface area is 102 Å². The van der Waals surface area contributed by atoms with Crippen LogP contribution in [0.1, 0.15) is 18.7 Å². The average Bonchev–Trinajstić information content (AvgIpc) is 3.00. The van der Waals surface area contributed by atoms with E-state index in [0.29, 0.717) is 29.5 Å².